The number of hydrogen-bond acceptors (Lipinski definition) is 0. The summed E-state index contributed by atoms with van der Waals surface area (Å²) in [4.78, 5) is 0. The largest absolute Gasteiger partial charge is 0.0594 e. The van der Waals surface area contributed by atoms with Crippen LogP contribution in [0.2, 0.25) is 0 Å². The average molecular weight is 248 g/mol. The normalized spacial score (nSPS) is 40.8. The highest BCUT2D eigenvalue weighted by molar-refractivity contribution is 4.98. The minimum atomic E-state index is 0.733. The third kappa shape index (κ3) is 2.78. The van der Waals surface area contributed by atoms with E-state index in [0.29, 0.717) is 0 Å². The minimum Gasteiger partial charge on any atom is -0.0594 e. The van der Waals surface area contributed by atoms with Crippen molar-refractivity contribution < 1.29 is 0 Å². The van der Waals surface area contributed by atoms with Gasteiger partial charge in [0.25, 0.3) is 0 Å². The van der Waals surface area contributed by atoms with E-state index in [1.54, 1.807) is 32.1 Å². The first-order chi connectivity index (χ1) is 8.80. The predicted molar refractivity (Wildman–Crippen MR) is 78.6 cm³/mol. The Balaban J connectivity index is 1.67. The van der Waals surface area contributed by atoms with Crippen LogP contribution in [0.3, 0.4) is 0 Å². The molecule has 0 saturated heterocycles. The maximum atomic E-state index is 2.65. The van der Waals surface area contributed by atoms with E-state index in [0.717, 1.165) is 23.2 Å². The van der Waals surface area contributed by atoms with Gasteiger partial charge in [-0.05, 0) is 48.9 Å². The fourth-order valence-electron chi connectivity index (χ4n) is 5.21. The van der Waals surface area contributed by atoms with Crippen LogP contribution >= 0.6 is 0 Å². The second-order valence-corrected chi connectivity index (χ2v) is 7.83. The molecule has 0 aromatic heterocycles. The summed E-state index contributed by atoms with van der Waals surface area (Å²) in [6.07, 6.45) is 20.0. The third-order valence-corrected chi connectivity index (χ3v) is 6.48. The summed E-state index contributed by atoms with van der Waals surface area (Å²) in [7, 11) is 0. The Hall–Kier alpha value is 0. The summed E-state index contributed by atoms with van der Waals surface area (Å²) in [5.74, 6) is 3.39. The lowest BCUT2D eigenvalue weighted by Crippen LogP contribution is -2.32. The van der Waals surface area contributed by atoms with Gasteiger partial charge < -0.3 is 0 Å². The predicted octanol–water partition coefficient (Wildman–Crippen LogP) is 5.95. The van der Waals surface area contributed by atoms with Gasteiger partial charge in [-0.25, -0.2) is 0 Å². The van der Waals surface area contributed by atoms with Gasteiger partial charge in [0, 0.05) is 0 Å². The molecular formula is C18H32. The Morgan fingerprint density at radius 3 is 2.11 bits per heavy atom. The van der Waals surface area contributed by atoms with Crippen molar-refractivity contribution in [3.05, 3.63) is 0 Å². The number of fused-ring (bicyclic) bond motifs is 1. The summed E-state index contributed by atoms with van der Waals surface area (Å²) >= 11 is 0. The lowest BCUT2D eigenvalue weighted by Gasteiger charge is -2.42. The molecule has 0 aliphatic heterocycles. The zero-order valence-electron chi connectivity index (χ0n) is 12.4. The van der Waals surface area contributed by atoms with Crippen molar-refractivity contribution in [3.8, 4) is 0 Å². The fraction of sp³-hybridized carbons (Fsp3) is 1.00. The summed E-state index contributed by atoms with van der Waals surface area (Å²) in [5, 5.41) is 0. The topological polar surface area (TPSA) is 0 Å². The van der Waals surface area contributed by atoms with Gasteiger partial charge in [0.15, 0.2) is 0 Å². The van der Waals surface area contributed by atoms with Crippen LogP contribution in [0.15, 0.2) is 0 Å². The van der Waals surface area contributed by atoms with E-state index in [4.69, 9.17) is 0 Å². The van der Waals surface area contributed by atoms with Crippen LogP contribution in [-0.2, 0) is 0 Å². The number of hydrogen-bond donors (Lipinski definition) is 0. The van der Waals surface area contributed by atoms with Gasteiger partial charge in [0.05, 0.1) is 0 Å². The van der Waals surface area contributed by atoms with Gasteiger partial charge in [-0.2, -0.15) is 0 Å². The summed E-state index contributed by atoms with van der Waals surface area (Å²) in [6, 6.07) is 0. The van der Waals surface area contributed by atoms with Crippen LogP contribution in [-0.4, -0.2) is 0 Å². The third-order valence-electron chi connectivity index (χ3n) is 6.48. The van der Waals surface area contributed by atoms with Crippen molar-refractivity contribution in [3.63, 3.8) is 0 Å². The van der Waals surface area contributed by atoms with Crippen molar-refractivity contribution in [1.29, 1.82) is 0 Å². The first-order valence-corrected chi connectivity index (χ1v) is 8.80. The first-order valence-electron chi connectivity index (χ1n) is 8.80. The number of rotatable bonds is 1. The smallest absolute Gasteiger partial charge is 0.0295 e. The molecule has 0 amide bonds. The zero-order valence-corrected chi connectivity index (χ0v) is 12.4. The maximum Gasteiger partial charge on any atom is -0.0295 e. The molecule has 0 bridgehead atoms. The van der Waals surface area contributed by atoms with E-state index in [-0.39, 0.29) is 0 Å². The lowest BCUT2D eigenvalue weighted by atomic mass is 9.63. The standard InChI is InChI=1S/C18H32/c1-18(12-8-5-9-13-18)17-11-7-4-2-3-6-10-15-14-16(15)17/h15-17H,2-14H2,1H3. The van der Waals surface area contributed by atoms with E-state index in [1.165, 1.54) is 51.4 Å². The van der Waals surface area contributed by atoms with E-state index >= 15 is 0 Å². The summed E-state index contributed by atoms with van der Waals surface area (Å²) < 4.78 is 0. The Labute approximate surface area is 114 Å². The monoisotopic (exact) mass is 248 g/mol. The van der Waals surface area contributed by atoms with Gasteiger partial charge >= 0.3 is 0 Å². The van der Waals surface area contributed by atoms with Gasteiger partial charge in [-0.1, -0.05) is 64.7 Å². The first kappa shape index (κ1) is 13.0. The van der Waals surface area contributed by atoms with E-state index < -0.39 is 0 Å². The quantitative estimate of drug-likeness (QED) is 0.537. The SMILES string of the molecule is CC1(C2CCCCCCCC3CC32)CCCCC1. The second-order valence-electron chi connectivity index (χ2n) is 7.83. The maximum absolute atomic E-state index is 2.65. The molecule has 3 fully saturated rings. The van der Waals surface area contributed by atoms with Crippen LogP contribution in [0.25, 0.3) is 0 Å². The van der Waals surface area contributed by atoms with Crippen molar-refractivity contribution in [2.24, 2.45) is 23.2 Å². The van der Waals surface area contributed by atoms with Crippen LogP contribution in [0.5, 0.6) is 0 Å². The van der Waals surface area contributed by atoms with Gasteiger partial charge in [0.2, 0.25) is 0 Å². The Kier molecular flexibility index (Phi) is 4.01. The molecule has 104 valence electrons. The molecule has 0 radical (unpaired) electrons. The molecule has 3 atom stereocenters. The Bertz CT molecular complexity index is 261. The van der Waals surface area contributed by atoms with E-state index in [1.807, 2.05) is 0 Å². The van der Waals surface area contributed by atoms with Crippen molar-refractivity contribution in [2.75, 3.05) is 0 Å². The van der Waals surface area contributed by atoms with Gasteiger partial charge in [0.1, 0.15) is 0 Å². The molecule has 0 heterocycles. The highest BCUT2D eigenvalue weighted by atomic mass is 14.5. The molecule has 3 saturated carbocycles. The molecule has 3 aliphatic carbocycles. The van der Waals surface area contributed by atoms with Crippen LogP contribution in [0.4, 0.5) is 0 Å². The van der Waals surface area contributed by atoms with Crippen LogP contribution in [0.1, 0.15) is 90.4 Å². The molecular weight excluding hydrogens is 216 g/mol. The molecule has 0 spiro atoms. The van der Waals surface area contributed by atoms with Crippen LogP contribution < -0.4 is 0 Å². The van der Waals surface area contributed by atoms with Crippen molar-refractivity contribution in [2.45, 2.75) is 90.4 Å². The average Bonchev–Trinajstić information content (AvgIpc) is 3.13. The van der Waals surface area contributed by atoms with E-state index in [2.05, 4.69) is 6.92 Å². The molecule has 0 aromatic rings. The zero-order chi connectivity index (χ0) is 12.4. The highest BCUT2D eigenvalue weighted by Gasteiger charge is 2.49. The molecule has 0 N–H and O–H groups in total. The Morgan fingerprint density at radius 1 is 0.722 bits per heavy atom. The molecule has 0 heteroatoms. The van der Waals surface area contributed by atoms with Crippen LogP contribution in [0, 0.1) is 23.2 Å². The summed E-state index contributed by atoms with van der Waals surface area (Å²) in [5.41, 5.74) is 0.733. The van der Waals surface area contributed by atoms with E-state index in [9.17, 15) is 0 Å². The lowest BCUT2D eigenvalue weighted by molar-refractivity contribution is 0.0861. The second kappa shape index (κ2) is 5.55. The molecule has 0 nitrogen and oxygen atoms in total. The fourth-order valence-corrected chi connectivity index (χ4v) is 5.21. The van der Waals surface area contributed by atoms with Gasteiger partial charge in [-0.3, -0.25) is 0 Å². The van der Waals surface area contributed by atoms with Gasteiger partial charge in [-0.15, -0.1) is 0 Å². The molecule has 3 unspecified atom stereocenters. The van der Waals surface area contributed by atoms with Crippen molar-refractivity contribution in [1.82, 2.24) is 0 Å². The summed E-state index contributed by atoms with van der Waals surface area (Å²) in [6.45, 7) is 2.65. The minimum absolute atomic E-state index is 0.733. The molecule has 3 aliphatic rings. The highest BCUT2D eigenvalue weighted by Crippen LogP contribution is 2.58. The molecule has 3 rings (SSSR count). The Morgan fingerprint density at radius 2 is 1.33 bits per heavy atom. The molecule has 18 heavy (non-hydrogen) atoms. The molecule has 0 aromatic carbocycles. The van der Waals surface area contributed by atoms with Crippen molar-refractivity contribution >= 4 is 0 Å².